The minimum absolute atomic E-state index is 0.0450. The summed E-state index contributed by atoms with van der Waals surface area (Å²) in [6.45, 7) is 4.65. The van der Waals surface area contributed by atoms with Gasteiger partial charge in [0.05, 0.1) is 39.9 Å². The van der Waals surface area contributed by atoms with E-state index < -0.39 is 20.0 Å². The zero-order valence-corrected chi connectivity index (χ0v) is 51.5. The lowest BCUT2D eigenvalue weighted by atomic mass is 10.1. The fraction of sp³-hybridized carbons (Fsp3) is 0.638. The van der Waals surface area contributed by atoms with Crippen LogP contribution in [0.1, 0.15) is 232 Å². The summed E-state index contributed by atoms with van der Waals surface area (Å²) in [5.41, 5.74) is 0. The Morgan fingerprint density at radius 1 is 0.449 bits per heavy atom. The van der Waals surface area contributed by atoms with E-state index in [2.05, 4.69) is 153 Å². The van der Waals surface area contributed by atoms with Crippen LogP contribution in [-0.2, 0) is 18.4 Å². The van der Waals surface area contributed by atoms with Crippen molar-refractivity contribution in [2.45, 2.75) is 244 Å². The Balaban J connectivity index is 4.22. The number of nitrogens with one attached hydrogen (secondary N) is 1. The van der Waals surface area contributed by atoms with Gasteiger partial charge in [-0.25, -0.2) is 4.57 Å². The van der Waals surface area contributed by atoms with E-state index in [-0.39, 0.29) is 19.1 Å². The maximum absolute atomic E-state index is 13.0. The van der Waals surface area contributed by atoms with Crippen molar-refractivity contribution < 1.29 is 32.9 Å². The van der Waals surface area contributed by atoms with E-state index in [1.54, 1.807) is 6.08 Å². The Morgan fingerprint density at radius 2 is 0.782 bits per heavy atom. The molecule has 1 amide bonds. The van der Waals surface area contributed by atoms with Gasteiger partial charge in [0.25, 0.3) is 0 Å². The summed E-state index contributed by atoms with van der Waals surface area (Å²) in [7, 11) is 1.52. The number of amides is 1. The molecule has 0 saturated heterocycles. The van der Waals surface area contributed by atoms with Gasteiger partial charge in [-0.2, -0.15) is 0 Å². The maximum atomic E-state index is 13.0. The molecule has 0 aromatic rings. The quantitative estimate of drug-likeness (QED) is 0.0243. The van der Waals surface area contributed by atoms with Gasteiger partial charge in [-0.05, 0) is 116 Å². The van der Waals surface area contributed by atoms with Crippen molar-refractivity contribution in [1.29, 1.82) is 0 Å². The largest absolute Gasteiger partial charge is 0.472 e. The van der Waals surface area contributed by atoms with Gasteiger partial charge < -0.3 is 19.8 Å². The normalized spacial score (nSPS) is 14.8. The third kappa shape index (κ3) is 60.0. The number of aliphatic hydroxyl groups is 1. The van der Waals surface area contributed by atoms with Gasteiger partial charge in [0, 0.05) is 6.42 Å². The first-order chi connectivity index (χ1) is 38.0. The zero-order valence-electron chi connectivity index (χ0n) is 50.6. The lowest BCUT2D eigenvalue weighted by Crippen LogP contribution is -2.45. The van der Waals surface area contributed by atoms with Gasteiger partial charge in [-0.1, -0.05) is 256 Å². The number of unbranched alkanes of at least 4 members (excludes halogenated alkanes) is 20. The Hall–Kier alpha value is -3.62. The molecule has 3 atom stereocenters. The molecule has 0 radical (unpaired) electrons. The SMILES string of the molecule is CC/C=C\C/C=C\C/C=C\C/C=C\C/C=C\C/C=C\C/C=C\C/C=C\C/C=C\CCCCCCCCCCCC(=O)NC(COP(=O)(O)OCC[N+](C)(C)C)C(O)/C=C/CC/C=C/CC/C=C/CCCCCCCCCCC. The van der Waals surface area contributed by atoms with E-state index in [9.17, 15) is 19.4 Å². The van der Waals surface area contributed by atoms with Crippen molar-refractivity contribution in [3.05, 3.63) is 146 Å². The molecule has 0 aliphatic heterocycles. The third-order valence-corrected chi connectivity index (χ3v) is 14.0. The van der Waals surface area contributed by atoms with Gasteiger partial charge >= 0.3 is 7.82 Å². The van der Waals surface area contributed by atoms with Crippen molar-refractivity contribution >= 4 is 13.7 Å². The minimum atomic E-state index is -4.37. The zero-order chi connectivity index (χ0) is 57.0. The molecule has 0 fully saturated rings. The molecule has 78 heavy (non-hydrogen) atoms. The average Bonchev–Trinajstić information content (AvgIpc) is 3.41. The van der Waals surface area contributed by atoms with E-state index in [4.69, 9.17) is 9.05 Å². The molecule has 3 N–H and O–H groups in total. The summed E-state index contributed by atoms with van der Waals surface area (Å²) in [6, 6.07) is -0.884. The van der Waals surface area contributed by atoms with Crippen molar-refractivity contribution in [3.8, 4) is 0 Å². The number of quaternary nitrogens is 1. The summed E-state index contributed by atoms with van der Waals surface area (Å²) in [6.07, 6.45) is 89.6. The van der Waals surface area contributed by atoms with Crippen molar-refractivity contribution in [2.24, 2.45) is 0 Å². The van der Waals surface area contributed by atoms with E-state index in [1.165, 1.54) is 96.3 Å². The molecule has 8 nitrogen and oxygen atoms in total. The first-order valence-corrected chi connectivity index (χ1v) is 32.7. The molecule has 0 aromatic carbocycles. The second-order valence-electron chi connectivity index (χ2n) is 21.7. The van der Waals surface area contributed by atoms with Gasteiger partial charge in [0.2, 0.25) is 5.91 Å². The average molecular weight is 1100 g/mol. The van der Waals surface area contributed by atoms with Gasteiger partial charge in [-0.15, -0.1) is 0 Å². The monoisotopic (exact) mass is 1100 g/mol. The first-order valence-electron chi connectivity index (χ1n) is 31.2. The Bertz CT molecular complexity index is 1780. The maximum Gasteiger partial charge on any atom is 0.472 e. The molecule has 0 saturated carbocycles. The molecule has 0 rings (SSSR count). The highest BCUT2D eigenvalue weighted by atomic mass is 31.2. The number of aliphatic hydroxyl groups excluding tert-OH is 1. The van der Waals surface area contributed by atoms with E-state index in [1.807, 2.05) is 27.2 Å². The summed E-state index contributed by atoms with van der Waals surface area (Å²) >= 11 is 0. The lowest BCUT2D eigenvalue weighted by Gasteiger charge is -2.25. The van der Waals surface area contributed by atoms with E-state index in [0.29, 0.717) is 17.4 Å². The minimum Gasteiger partial charge on any atom is -0.387 e. The van der Waals surface area contributed by atoms with E-state index in [0.717, 1.165) is 116 Å². The second-order valence-corrected chi connectivity index (χ2v) is 23.1. The molecule has 444 valence electrons. The molecule has 0 aliphatic carbocycles. The number of hydrogen-bond donors (Lipinski definition) is 3. The van der Waals surface area contributed by atoms with Crippen molar-refractivity contribution in [2.75, 3.05) is 40.9 Å². The molecular weight excluding hydrogens is 984 g/mol. The first kappa shape index (κ1) is 74.4. The van der Waals surface area contributed by atoms with Crippen LogP contribution in [-0.4, -0.2) is 73.4 Å². The molecule has 0 heterocycles. The predicted molar refractivity (Wildman–Crippen MR) is 341 cm³/mol. The van der Waals surface area contributed by atoms with Crippen molar-refractivity contribution in [3.63, 3.8) is 0 Å². The molecule has 0 spiro atoms. The number of hydrogen-bond acceptors (Lipinski definition) is 5. The van der Waals surface area contributed by atoms with Crippen LogP contribution in [0.4, 0.5) is 0 Å². The fourth-order valence-electron chi connectivity index (χ4n) is 8.18. The molecule has 0 bridgehead atoms. The number of phosphoric acid groups is 1. The molecule has 0 aliphatic rings. The lowest BCUT2D eigenvalue weighted by molar-refractivity contribution is -0.870. The van der Waals surface area contributed by atoms with Gasteiger partial charge in [-0.3, -0.25) is 13.8 Å². The van der Waals surface area contributed by atoms with Crippen LogP contribution in [0.15, 0.2) is 146 Å². The summed E-state index contributed by atoms with van der Waals surface area (Å²) in [5.74, 6) is -0.203. The van der Waals surface area contributed by atoms with Crippen LogP contribution in [0.5, 0.6) is 0 Å². The molecule has 9 heteroatoms. The van der Waals surface area contributed by atoms with Crippen LogP contribution in [0.2, 0.25) is 0 Å². The number of phosphoric ester groups is 1. The Kier molecular flexibility index (Phi) is 55.4. The smallest absolute Gasteiger partial charge is 0.387 e. The van der Waals surface area contributed by atoms with Crippen LogP contribution in [0.25, 0.3) is 0 Å². The number of carbonyl (C=O) groups is 1. The molecule has 0 aromatic heterocycles. The molecular formula is C69H118N2O6P+. The number of likely N-dealkylation sites (N-methyl/N-ethyl adjacent to an activating group) is 1. The number of carbonyl (C=O) groups excluding carboxylic acids is 1. The van der Waals surface area contributed by atoms with Crippen LogP contribution in [0.3, 0.4) is 0 Å². The van der Waals surface area contributed by atoms with Gasteiger partial charge in [0.1, 0.15) is 13.2 Å². The van der Waals surface area contributed by atoms with Crippen molar-refractivity contribution in [1.82, 2.24) is 5.32 Å². The number of rotatable bonds is 55. The fourth-order valence-corrected chi connectivity index (χ4v) is 8.92. The van der Waals surface area contributed by atoms with E-state index >= 15 is 0 Å². The van der Waals surface area contributed by atoms with Gasteiger partial charge in [0.15, 0.2) is 0 Å². The summed E-state index contributed by atoms with van der Waals surface area (Å²) in [5, 5.41) is 13.9. The topological polar surface area (TPSA) is 105 Å². The highest BCUT2D eigenvalue weighted by molar-refractivity contribution is 7.47. The predicted octanol–water partition coefficient (Wildman–Crippen LogP) is 19.6. The standard InChI is InChI=1S/C69H117N2O6P/c1-6-8-10-12-14-16-18-20-22-24-26-27-28-29-30-31-32-33-34-35-36-37-38-39-40-41-42-43-45-47-49-51-53-55-57-59-61-63-69(73)70-67(66-77-78(74,75)76-65-64-71(3,4)5)68(72)62-60-58-56-54-52-50-48-46-44-25-23-21-19-17-15-13-11-9-7-2/h8,10,14,16,20,22,26-27,29-30,32-33,35-36,38-39,41-42,44,46,52,54,60,62,67-68,72H,6-7,9,11-13,15,17-19,21,23-25,28,31,34,37,40,43,45,47-51,53,55-59,61,63-66H2,1-5H3,(H-,70,73,74,75)/p+1/b10-8-,16-14-,22-20-,27-26-,30-29-,33-32-,36-35-,39-38-,42-41-,46-44+,54-52+,62-60+. The Labute approximate surface area is 480 Å². The molecule has 3 unspecified atom stereocenters. The number of allylic oxidation sites excluding steroid dienone is 23. The summed E-state index contributed by atoms with van der Waals surface area (Å²) in [4.78, 5) is 23.3. The summed E-state index contributed by atoms with van der Waals surface area (Å²) < 4.78 is 23.7. The Morgan fingerprint density at radius 3 is 1.18 bits per heavy atom. The van der Waals surface area contributed by atoms with Crippen LogP contribution < -0.4 is 5.32 Å². The highest BCUT2D eigenvalue weighted by Crippen LogP contribution is 2.43. The van der Waals surface area contributed by atoms with Crippen LogP contribution in [0, 0.1) is 0 Å². The highest BCUT2D eigenvalue weighted by Gasteiger charge is 2.27. The second kappa shape index (κ2) is 58.0. The third-order valence-electron chi connectivity index (χ3n) is 13.0. The number of nitrogens with zero attached hydrogens (tertiary/aromatic N) is 1. The van der Waals surface area contributed by atoms with Crippen LogP contribution >= 0.6 is 7.82 Å².